The van der Waals surface area contributed by atoms with E-state index in [2.05, 4.69) is 29.0 Å². The number of pyridine rings is 1. The molecule has 0 bridgehead atoms. The number of hydrogen-bond donors (Lipinski definition) is 1. The van der Waals surface area contributed by atoms with E-state index in [9.17, 15) is 4.79 Å². The molecule has 0 atom stereocenters. The van der Waals surface area contributed by atoms with Crippen LogP contribution in [0.25, 0.3) is 0 Å². The fourth-order valence-corrected chi connectivity index (χ4v) is 2.19. The van der Waals surface area contributed by atoms with Gasteiger partial charge in [-0.25, -0.2) is 0 Å². The molecule has 1 rings (SSSR count). The Bertz CT molecular complexity index is 406. The van der Waals surface area contributed by atoms with Gasteiger partial charge in [-0.15, -0.1) is 0 Å². The van der Waals surface area contributed by atoms with Crippen molar-refractivity contribution in [3.8, 4) is 0 Å². The molecule has 1 amide bonds. The van der Waals surface area contributed by atoms with Crippen LogP contribution in [-0.2, 0) is 0 Å². The van der Waals surface area contributed by atoms with E-state index in [-0.39, 0.29) is 5.91 Å². The van der Waals surface area contributed by atoms with Gasteiger partial charge in [-0.2, -0.15) is 0 Å². The van der Waals surface area contributed by atoms with Gasteiger partial charge in [-0.3, -0.25) is 9.78 Å². The van der Waals surface area contributed by atoms with E-state index in [0.29, 0.717) is 5.56 Å². The monoisotopic (exact) mass is 277 g/mol. The molecule has 0 aliphatic carbocycles. The second kappa shape index (κ2) is 9.48. The average Bonchev–Trinajstić information content (AvgIpc) is 2.45. The largest absolute Gasteiger partial charge is 0.352 e. The molecule has 1 heterocycles. The Hall–Kier alpha value is -1.42. The highest BCUT2D eigenvalue weighted by atomic mass is 16.1. The number of aromatic nitrogens is 1. The van der Waals surface area contributed by atoms with Crippen molar-refractivity contribution >= 4 is 5.91 Å². The van der Waals surface area contributed by atoms with Gasteiger partial charge in [0.15, 0.2) is 0 Å². The standard InChI is InChI=1S/C16H27N3O/c1-4-9-19(5-2)10-7-6-8-18-16(20)15-11-14(3)12-17-13-15/h11-13H,4-10H2,1-3H3,(H,18,20). The topological polar surface area (TPSA) is 45.2 Å². The predicted octanol–water partition coefficient (Wildman–Crippen LogP) is 2.63. The summed E-state index contributed by atoms with van der Waals surface area (Å²) in [6.45, 7) is 10.5. The lowest BCUT2D eigenvalue weighted by Gasteiger charge is -2.19. The second-order valence-electron chi connectivity index (χ2n) is 5.15. The van der Waals surface area contributed by atoms with Crippen molar-refractivity contribution in [1.29, 1.82) is 0 Å². The van der Waals surface area contributed by atoms with Gasteiger partial charge >= 0.3 is 0 Å². The van der Waals surface area contributed by atoms with Crippen molar-refractivity contribution in [2.24, 2.45) is 0 Å². The molecule has 20 heavy (non-hydrogen) atoms. The molecule has 1 N–H and O–H groups in total. The minimum atomic E-state index is -0.0258. The lowest BCUT2D eigenvalue weighted by molar-refractivity contribution is 0.0952. The third-order valence-electron chi connectivity index (χ3n) is 3.31. The minimum absolute atomic E-state index is 0.0258. The van der Waals surface area contributed by atoms with E-state index in [0.717, 1.165) is 44.6 Å². The first-order valence-corrected chi connectivity index (χ1v) is 7.59. The van der Waals surface area contributed by atoms with Gasteiger partial charge in [0.25, 0.3) is 5.91 Å². The third-order valence-corrected chi connectivity index (χ3v) is 3.31. The van der Waals surface area contributed by atoms with Gasteiger partial charge < -0.3 is 10.2 Å². The van der Waals surface area contributed by atoms with Crippen molar-refractivity contribution in [2.75, 3.05) is 26.2 Å². The highest BCUT2D eigenvalue weighted by molar-refractivity contribution is 5.93. The number of rotatable bonds is 9. The Balaban J connectivity index is 2.19. The Labute approximate surface area is 122 Å². The summed E-state index contributed by atoms with van der Waals surface area (Å²) in [6, 6.07) is 1.86. The number of aryl methyl sites for hydroxylation is 1. The molecule has 0 aliphatic heterocycles. The molecule has 0 aromatic carbocycles. The van der Waals surface area contributed by atoms with E-state index in [1.165, 1.54) is 6.42 Å². The van der Waals surface area contributed by atoms with Crippen molar-refractivity contribution < 1.29 is 4.79 Å². The first-order chi connectivity index (χ1) is 9.67. The van der Waals surface area contributed by atoms with Crippen LogP contribution in [0.4, 0.5) is 0 Å². The van der Waals surface area contributed by atoms with Crippen LogP contribution >= 0.6 is 0 Å². The summed E-state index contributed by atoms with van der Waals surface area (Å²) < 4.78 is 0. The number of nitrogens with zero attached hydrogens (tertiary/aromatic N) is 2. The van der Waals surface area contributed by atoms with E-state index in [4.69, 9.17) is 0 Å². The molecule has 112 valence electrons. The molecular weight excluding hydrogens is 250 g/mol. The van der Waals surface area contributed by atoms with Crippen LogP contribution in [0.2, 0.25) is 0 Å². The minimum Gasteiger partial charge on any atom is -0.352 e. The van der Waals surface area contributed by atoms with Crippen LogP contribution in [-0.4, -0.2) is 42.0 Å². The maximum absolute atomic E-state index is 11.9. The number of carbonyl (C=O) groups is 1. The maximum atomic E-state index is 11.9. The highest BCUT2D eigenvalue weighted by Crippen LogP contribution is 2.01. The SMILES string of the molecule is CCCN(CC)CCCCNC(=O)c1cncc(C)c1. The maximum Gasteiger partial charge on any atom is 0.252 e. The van der Waals surface area contributed by atoms with Crippen LogP contribution in [0.5, 0.6) is 0 Å². The molecule has 1 aromatic heterocycles. The summed E-state index contributed by atoms with van der Waals surface area (Å²) >= 11 is 0. The van der Waals surface area contributed by atoms with Crippen LogP contribution < -0.4 is 5.32 Å². The predicted molar refractivity (Wildman–Crippen MR) is 82.9 cm³/mol. The van der Waals surface area contributed by atoms with Crippen LogP contribution in [0, 0.1) is 6.92 Å². The van der Waals surface area contributed by atoms with Gasteiger partial charge in [-0.05, 0) is 57.5 Å². The van der Waals surface area contributed by atoms with E-state index >= 15 is 0 Å². The smallest absolute Gasteiger partial charge is 0.252 e. The molecule has 4 nitrogen and oxygen atoms in total. The summed E-state index contributed by atoms with van der Waals surface area (Å²) in [4.78, 5) is 18.4. The first kappa shape index (κ1) is 16.6. The normalized spacial score (nSPS) is 10.8. The second-order valence-corrected chi connectivity index (χ2v) is 5.15. The molecule has 4 heteroatoms. The van der Waals surface area contributed by atoms with Crippen LogP contribution in [0.1, 0.15) is 49.0 Å². The van der Waals surface area contributed by atoms with Crippen molar-refractivity contribution in [1.82, 2.24) is 15.2 Å². The van der Waals surface area contributed by atoms with Crippen molar-refractivity contribution in [2.45, 2.75) is 40.0 Å². The lowest BCUT2D eigenvalue weighted by atomic mass is 10.2. The van der Waals surface area contributed by atoms with Crippen LogP contribution in [0.3, 0.4) is 0 Å². The average molecular weight is 277 g/mol. The fraction of sp³-hybridized carbons (Fsp3) is 0.625. The molecule has 0 saturated carbocycles. The number of unbranched alkanes of at least 4 members (excludes halogenated alkanes) is 1. The molecule has 0 spiro atoms. The Morgan fingerprint density at radius 3 is 2.70 bits per heavy atom. The summed E-state index contributed by atoms with van der Waals surface area (Å²) in [5.74, 6) is -0.0258. The number of hydrogen-bond acceptors (Lipinski definition) is 3. The van der Waals surface area contributed by atoms with Gasteiger partial charge in [-0.1, -0.05) is 13.8 Å². The van der Waals surface area contributed by atoms with Gasteiger partial charge in [0.2, 0.25) is 0 Å². The zero-order chi connectivity index (χ0) is 14.8. The number of carbonyl (C=O) groups excluding carboxylic acids is 1. The van der Waals surface area contributed by atoms with Gasteiger partial charge in [0.1, 0.15) is 0 Å². The summed E-state index contributed by atoms with van der Waals surface area (Å²) in [5, 5.41) is 2.95. The number of nitrogens with one attached hydrogen (secondary N) is 1. The number of amides is 1. The van der Waals surface area contributed by atoms with Gasteiger partial charge in [0.05, 0.1) is 5.56 Å². The Morgan fingerprint density at radius 1 is 1.25 bits per heavy atom. The molecule has 0 radical (unpaired) electrons. The van der Waals surface area contributed by atoms with Gasteiger partial charge in [0, 0.05) is 18.9 Å². The lowest BCUT2D eigenvalue weighted by Crippen LogP contribution is -2.28. The van der Waals surface area contributed by atoms with E-state index < -0.39 is 0 Å². The Morgan fingerprint density at radius 2 is 2.05 bits per heavy atom. The van der Waals surface area contributed by atoms with E-state index in [1.807, 2.05) is 13.0 Å². The quantitative estimate of drug-likeness (QED) is 0.706. The molecule has 1 aromatic rings. The zero-order valence-corrected chi connectivity index (χ0v) is 13.0. The fourth-order valence-electron chi connectivity index (χ4n) is 2.19. The highest BCUT2D eigenvalue weighted by Gasteiger charge is 2.05. The van der Waals surface area contributed by atoms with E-state index in [1.54, 1.807) is 12.4 Å². The van der Waals surface area contributed by atoms with Crippen molar-refractivity contribution in [3.05, 3.63) is 29.6 Å². The summed E-state index contributed by atoms with van der Waals surface area (Å²) in [7, 11) is 0. The van der Waals surface area contributed by atoms with Crippen LogP contribution in [0.15, 0.2) is 18.5 Å². The molecule has 0 fully saturated rings. The molecule has 0 saturated heterocycles. The molecular formula is C16H27N3O. The summed E-state index contributed by atoms with van der Waals surface area (Å²) in [5.41, 5.74) is 1.65. The molecule has 0 aliphatic rings. The first-order valence-electron chi connectivity index (χ1n) is 7.59. The molecule has 0 unspecified atom stereocenters. The third kappa shape index (κ3) is 6.15. The van der Waals surface area contributed by atoms with Crippen molar-refractivity contribution in [3.63, 3.8) is 0 Å². The Kier molecular flexibility index (Phi) is 7.88. The zero-order valence-electron chi connectivity index (χ0n) is 13.0. The summed E-state index contributed by atoms with van der Waals surface area (Å²) in [6.07, 6.45) is 6.71.